The Morgan fingerprint density at radius 3 is 2.71 bits per heavy atom. The topological polar surface area (TPSA) is 13.1 Å². The summed E-state index contributed by atoms with van der Waals surface area (Å²) in [5.41, 5.74) is 2.56. The van der Waals surface area contributed by atoms with E-state index in [1.807, 2.05) is 6.92 Å². The van der Waals surface area contributed by atoms with Gasteiger partial charge in [-0.3, -0.25) is 4.84 Å². The lowest BCUT2D eigenvalue weighted by Gasteiger charge is -2.04. The first-order valence-electron chi connectivity index (χ1n) is 4.18. The highest BCUT2D eigenvalue weighted by atomic mass is 35.5. The molecule has 0 aliphatic heterocycles. The van der Waals surface area contributed by atoms with E-state index >= 15 is 0 Å². The van der Waals surface area contributed by atoms with Crippen LogP contribution in [0.1, 0.15) is 18.2 Å². The lowest BCUT2D eigenvalue weighted by Crippen LogP contribution is -2.43. The maximum atomic E-state index is 6.05. The molecule has 0 aliphatic rings. The Balaban J connectivity index is 3.50. The van der Waals surface area contributed by atoms with E-state index in [1.54, 1.807) is 30.2 Å². The highest BCUT2D eigenvalue weighted by Crippen LogP contribution is 2.24. The van der Waals surface area contributed by atoms with Crippen LogP contribution in [0.15, 0.2) is 25.4 Å². The van der Waals surface area contributed by atoms with Gasteiger partial charge in [-0.25, -0.2) is 0 Å². The number of halogens is 1. The molecule has 0 amide bonds. The zero-order valence-corrected chi connectivity index (χ0v) is 9.14. The molecule has 1 rings (SSSR count). The first kappa shape index (κ1) is 10.8. The predicted octanol–water partition coefficient (Wildman–Crippen LogP) is 2.36. The number of nitrogens with zero attached hydrogens (tertiary/aromatic N) is 1. The van der Waals surface area contributed by atoms with Gasteiger partial charge in [0, 0.05) is 16.9 Å². The summed E-state index contributed by atoms with van der Waals surface area (Å²) in [5, 5.41) is 0.653. The molecule has 74 valence electrons. The van der Waals surface area contributed by atoms with Gasteiger partial charge in [0.1, 0.15) is 7.11 Å². The monoisotopic (exact) mass is 210 g/mol. The molecule has 0 aliphatic carbocycles. The molecule has 0 radical (unpaired) electrons. The molecule has 0 aromatic carbocycles. The molecule has 0 saturated carbocycles. The van der Waals surface area contributed by atoms with Crippen LogP contribution in [0.3, 0.4) is 0 Å². The Hall–Kier alpha value is -1.28. The molecule has 0 saturated heterocycles. The summed E-state index contributed by atoms with van der Waals surface area (Å²) in [6.07, 6.45) is 3.44. The van der Waals surface area contributed by atoms with Gasteiger partial charge >= 0.3 is 0 Å². The third-order valence-corrected chi connectivity index (χ3v) is 2.22. The van der Waals surface area contributed by atoms with Crippen LogP contribution in [0.5, 0.6) is 0 Å². The van der Waals surface area contributed by atoms with Gasteiger partial charge in [0.15, 0.2) is 0 Å². The van der Waals surface area contributed by atoms with Crippen molar-refractivity contribution in [3.8, 4) is 0 Å². The highest BCUT2D eigenvalue weighted by molar-refractivity contribution is 6.32. The van der Waals surface area contributed by atoms with E-state index in [4.69, 9.17) is 16.4 Å². The first-order valence-corrected chi connectivity index (χ1v) is 4.56. The molecule has 2 nitrogen and oxygen atoms in total. The van der Waals surface area contributed by atoms with Crippen LogP contribution in [0, 0.1) is 0 Å². The number of hydrogen-bond acceptors (Lipinski definition) is 1. The Labute approximate surface area is 89.0 Å². The van der Waals surface area contributed by atoms with E-state index < -0.39 is 0 Å². The molecule has 3 heteroatoms. The zero-order valence-electron chi connectivity index (χ0n) is 8.38. The third kappa shape index (κ3) is 1.80. The molecule has 0 atom stereocenters. The van der Waals surface area contributed by atoms with Gasteiger partial charge in [0.2, 0.25) is 6.20 Å². The summed E-state index contributed by atoms with van der Waals surface area (Å²) in [7, 11) is 1.59. The lowest BCUT2D eigenvalue weighted by molar-refractivity contribution is -0.886. The Morgan fingerprint density at radius 2 is 2.29 bits per heavy atom. The summed E-state index contributed by atoms with van der Waals surface area (Å²) in [4.78, 5) is 5.13. The maximum Gasteiger partial charge on any atom is 0.265 e. The van der Waals surface area contributed by atoms with Gasteiger partial charge in [-0.15, -0.1) is 0 Å². The molecule has 1 aromatic rings. The second-order valence-electron chi connectivity index (χ2n) is 2.92. The fourth-order valence-electron chi connectivity index (χ4n) is 1.30. The zero-order chi connectivity index (χ0) is 10.7. The fraction of sp³-hybridized carbons (Fsp3) is 0.182. The Morgan fingerprint density at radius 1 is 1.64 bits per heavy atom. The summed E-state index contributed by atoms with van der Waals surface area (Å²) >= 11 is 6.05. The van der Waals surface area contributed by atoms with Crippen molar-refractivity contribution < 1.29 is 9.57 Å². The van der Waals surface area contributed by atoms with Crippen LogP contribution in [0.2, 0.25) is 5.02 Å². The van der Waals surface area contributed by atoms with Crippen LogP contribution in [0.25, 0.3) is 11.6 Å². The number of hydrogen-bond donors (Lipinski definition) is 0. The van der Waals surface area contributed by atoms with Crippen LogP contribution in [0.4, 0.5) is 0 Å². The summed E-state index contributed by atoms with van der Waals surface area (Å²) in [6.45, 7) is 9.49. The minimum atomic E-state index is 0.653. The molecule has 1 heterocycles. The van der Waals surface area contributed by atoms with Gasteiger partial charge in [-0.05, 0) is 12.5 Å². The Kier molecular flexibility index (Phi) is 3.31. The largest absolute Gasteiger partial charge is 0.274 e. The summed E-state index contributed by atoms with van der Waals surface area (Å²) in [6, 6.07) is 1.77. The Bertz CT molecular complexity index is 385. The van der Waals surface area contributed by atoms with Crippen LogP contribution in [-0.2, 0) is 0 Å². The molecular weight excluding hydrogens is 198 g/mol. The smallest absolute Gasteiger partial charge is 0.265 e. The van der Waals surface area contributed by atoms with E-state index in [0.29, 0.717) is 5.02 Å². The van der Waals surface area contributed by atoms with E-state index in [9.17, 15) is 0 Å². The fourth-order valence-corrected chi connectivity index (χ4v) is 1.62. The predicted molar refractivity (Wildman–Crippen MR) is 59.0 cm³/mol. The van der Waals surface area contributed by atoms with Gasteiger partial charge in [-0.2, -0.15) is 0 Å². The molecule has 14 heavy (non-hydrogen) atoms. The van der Waals surface area contributed by atoms with Crippen molar-refractivity contribution in [2.75, 3.05) is 7.11 Å². The van der Waals surface area contributed by atoms with E-state index in [2.05, 4.69) is 13.2 Å². The second kappa shape index (κ2) is 4.29. The molecule has 0 fully saturated rings. The third-order valence-electron chi connectivity index (χ3n) is 1.91. The average molecular weight is 211 g/mol. The van der Waals surface area contributed by atoms with Crippen molar-refractivity contribution in [1.82, 2.24) is 0 Å². The van der Waals surface area contributed by atoms with Crippen LogP contribution in [-0.4, -0.2) is 7.11 Å². The number of allylic oxidation sites excluding steroid dienone is 1. The lowest BCUT2D eigenvalue weighted by atomic mass is 10.1. The minimum Gasteiger partial charge on any atom is -0.274 e. The van der Waals surface area contributed by atoms with Crippen molar-refractivity contribution in [3.05, 3.63) is 41.7 Å². The number of rotatable bonds is 3. The van der Waals surface area contributed by atoms with Crippen molar-refractivity contribution >= 4 is 23.3 Å². The van der Waals surface area contributed by atoms with Gasteiger partial charge in [0.05, 0.1) is 10.6 Å². The highest BCUT2D eigenvalue weighted by Gasteiger charge is 2.18. The van der Waals surface area contributed by atoms with Crippen LogP contribution >= 0.6 is 11.6 Å². The maximum absolute atomic E-state index is 6.05. The van der Waals surface area contributed by atoms with Crippen molar-refractivity contribution in [2.45, 2.75) is 6.92 Å². The number of pyridine rings is 1. The molecule has 0 spiro atoms. The van der Waals surface area contributed by atoms with E-state index in [0.717, 1.165) is 16.8 Å². The van der Waals surface area contributed by atoms with Gasteiger partial charge in [0.25, 0.3) is 5.69 Å². The SMILES string of the molecule is C=Cc1c(C(=C)C)c(Cl)cc[n+]1OC. The van der Waals surface area contributed by atoms with Gasteiger partial charge in [-0.1, -0.05) is 24.8 Å². The average Bonchev–Trinajstić information content (AvgIpc) is 2.16. The minimum absolute atomic E-state index is 0.653. The molecule has 0 unspecified atom stereocenters. The van der Waals surface area contributed by atoms with E-state index in [1.165, 1.54) is 0 Å². The second-order valence-corrected chi connectivity index (χ2v) is 3.32. The molecule has 0 N–H and O–H groups in total. The summed E-state index contributed by atoms with van der Waals surface area (Å²) < 4.78 is 1.60. The van der Waals surface area contributed by atoms with E-state index in [-0.39, 0.29) is 0 Å². The quantitative estimate of drug-likeness (QED) is 0.699. The number of aromatic nitrogens is 1. The van der Waals surface area contributed by atoms with Gasteiger partial charge < -0.3 is 0 Å². The normalized spacial score (nSPS) is 9.64. The molecule has 0 bridgehead atoms. The first-order chi connectivity index (χ1) is 6.61. The van der Waals surface area contributed by atoms with Crippen LogP contribution < -0.4 is 9.57 Å². The molecule has 1 aromatic heterocycles. The standard InChI is InChI=1S/C11H13ClNO/c1-5-10-11(8(2)3)9(12)6-7-13(10)14-4/h5-7H,1-2H2,3-4H3/q+1. The van der Waals surface area contributed by atoms with Crippen molar-refractivity contribution in [2.24, 2.45) is 0 Å². The molecular formula is C11H13ClNO+. The summed E-state index contributed by atoms with van der Waals surface area (Å²) in [5.74, 6) is 0. The van der Waals surface area contributed by atoms with Crippen molar-refractivity contribution in [3.63, 3.8) is 0 Å². The van der Waals surface area contributed by atoms with Crippen molar-refractivity contribution in [1.29, 1.82) is 0 Å².